The molecule has 1 aromatic rings. The molecule has 0 spiro atoms. The van der Waals surface area contributed by atoms with Crippen LogP contribution in [0.5, 0.6) is 0 Å². The Morgan fingerprint density at radius 3 is 2.90 bits per heavy atom. The van der Waals surface area contributed by atoms with Gasteiger partial charge >= 0.3 is 0 Å². The summed E-state index contributed by atoms with van der Waals surface area (Å²) in [5, 5.41) is 7.32. The molecule has 5 heteroatoms. The number of hydrogen-bond acceptors (Lipinski definition) is 4. The standard InChI is InChI=1S/C15H25N3O2/c1-11-14(12(2)20-17-11)10-18(3)15(19)7-6-13-5-4-8-16-9-13/h13,16H,4-10H2,1-3H3. The van der Waals surface area contributed by atoms with Gasteiger partial charge in [0.15, 0.2) is 0 Å². The van der Waals surface area contributed by atoms with Crippen molar-refractivity contribution in [3.63, 3.8) is 0 Å². The van der Waals surface area contributed by atoms with Gasteiger partial charge in [-0.15, -0.1) is 0 Å². The summed E-state index contributed by atoms with van der Waals surface area (Å²) in [6.45, 7) is 6.57. The van der Waals surface area contributed by atoms with Crippen LogP contribution in [-0.4, -0.2) is 36.1 Å². The van der Waals surface area contributed by atoms with E-state index < -0.39 is 0 Å². The second-order valence-corrected chi connectivity index (χ2v) is 5.80. The molecule has 112 valence electrons. The van der Waals surface area contributed by atoms with Crippen molar-refractivity contribution in [3.8, 4) is 0 Å². The fourth-order valence-corrected chi connectivity index (χ4v) is 2.74. The lowest BCUT2D eigenvalue weighted by Crippen LogP contribution is -2.31. The summed E-state index contributed by atoms with van der Waals surface area (Å²) in [6.07, 6.45) is 4.09. The molecule has 2 heterocycles. The van der Waals surface area contributed by atoms with Crippen LogP contribution in [-0.2, 0) is 11.3 Å². The molecule has 1 saturated heterocycles. The van der Waals surface area contributed by atoms with Crippen LogP contribution in [0.25, 0.3) is 0 Å². The summed E-state index contributed by atoms with van der Waals surface area (Å²) in [4.78, 5) is 14.0. The fourth-order valence-electron chi connectivity index (χ4n) is 2.74. The number of carbonyl (C=O) groups is 1. The highest BCUT2D eigenvalue weighted by Gasteiger charge is 2.18. The topological polar surface area (TPSA) is 58.4 Å². The summed E-state index contributed by atoms with van der Waals surface area (Å²) in [5.74, 6) is 1.66. The van der Waals surface area contributed by atoms with E-state index in [-0.39, 0.29) is 5.91 Å². The third-order valence-electron chi connectivity index (χ3n) is 4.17. The van der Waals surface area contributed by atoms with Gasteiger partial charge in [0.1, 0.15) is 5.76 Å². The molecule has 0 saturated carbocycles. The Bertz CT molecular complexity index is 430. The lowest BCUT2D eigenvalue weighted by molar-refractivity contribution is -0.130. The molecule has 20 heavy (non-hydrogen) atoms. The number of carbonyl (C=O) groups excluding carboxylic acids is 1. The maximum Gasteiger partial charge on any atom is 0.222 e. The Kier molecular flexibility index (Phi) is 5.17. The monoisotopic (exact) mass is 279 g/mol. The predicted molar refractivity (Wildman–Crippen MR) is 77.3 cm³/mol. The second kappa shape index (κ2) is 6.88. The fraction of sp³-hybridized carbons (Fsp3) is 0.733. The van der Waals surface area contributed by atoms with E-state index in [2.05, 4.69) is 10.5 Å². The van der Waals surface area contributed by atoms with E-state index in [0.717, 1.165) is 36.5 Å². The highest BCUT2D eigenvalue weighted by atomic mass is 16.5. The van der Waals surface area contributed by atoms with Crippen molar-refractivity contribution in [2.45, 2.75) is 46.1 Å². The van der Waals surface area contributed by atoms with Gasteiger partial charge in [-0.3, -0.25) is 4.79 Å². The molecule has 1 atom stereocenters. The molecule has 1 aliphatic rings. The number of aryl methyl sites for hydroxylation is 2. The third kappa shape index (κ3) is 3.82. The van der Waals surface area contributed by atoms with E-state index in [0.29, 0.717) is 18.9 Å². The van der Waals surface area contributed by atoms with Crippen LogP contribution in [0.1, 0.15) is 42.7 Å². The minimum atomic E-state index is 0.204. The number of amides is 1. The quantitative estimate of drug-likeness (QED) is 0.896. The molecule has 2 rings (SSSR count). The van der Waals surface area contributed by atoms with Crippen molar-refractivity contribution in [1.82, 2.24) is 15.4 Å². The van der Waals surface area contributed by atoms with Crippen LogP contribution < -0.4 is 5.32 Å². The van der Waals surface area contributed by atoms with Gasteiger partial charge in [0.25, 0.3) is 0 Å². The SMILES string of the molecule is Cc1noc(C)c1CN(C)C(=O)CCC1CCCNC1. The smallest absolute Gasteiger partial charge is 0.222 e. The summed E-state index contributed by atoms with van der Waals surface area (Å²) in [6, 6.07) is 0. The predicted octanol–water partition coefficient (Wildman–Crippen LogP) is 2.03. The van der Waals surface area contributed by atoms with E-state index >= 15 is 0 Å². The molecule has 1 N–H and O–H groups in total. The number of rotatable bonds is 5. The number of nitrogens with one attached hydrogen (secondary N) is 1. The van der Waals surface area contributed by atoms with E-state index in [1.54, 1.807) is 4.90 Å². The molecule has 1 amide bonds. The minimum Gasteiger partial charge on any atom is -0.361 e. The van der Waals surface area contributed by atoms with E-state index in [4.69, 9.17) is 4.52 Å². The van der Waals surface area contributed by atoms with Gasteiger partial charge < -0.3 is 14.7 Å². The Balaban J connectivity index is 1.79. The molecule has 0 radical (unpaired) electrons. The first kappa shape index (κ1) is 15.0. The van der Waals surface area contributed by atoms with Gasteiger partial charge in [-0.05, 0) is 52.1 Å². The Morgan fingerprint density at radius 2 is 2.30 bits per heavy atom. The molecule has 0 aliphatic carbocycles. The Labute approximate surface area is 120 Å². The zero-order valence-electron chi connectivity index (χ0n) is 12.7. The van der Waals surface area contributed by atoms with Gasteiger partial charge in [-0.2, -0.15) is 0 Å². The van der Waals surface area contributed by atoms with Crippen molar-refractivity contribution in [2.75, 3.05) is 20.1 Å². The number of piperidine rings is 1. The lowest BCUT2D eigenvalue weighted by Gasteiger charge is -2.23. The van der Waals surface area contributed by atoms with Crippen LogP contribution in [0.3, 0.4) is 0 Å². The van der Waals surface area contributed by atoms with Gasteiger partial charge in [-0.1, -0.05) is 5.16 Å². The Hall–Kier alpha value is -1.36. The molecule has 0 bridgehead atoms. The van der Waals surface area contributed by atoms with Gasteiger partial charge in [0, 0.05) is 19.0 Å². The van der Waals surface area contributed by atoms with Crippen LogP contribution in [0.2, 0.25) is 0 Å². The van der Waals surface area contributed by atoms with Gasteiger partial charge in [0.05, 0.1) is 12.2 Å². The maximum absolute atomic E-state index is 12.2. The maximum atomic E-state index is 12.2. The van der Waals surface area contributed by atoms with Crippen molar-refractivity contribution < 1.29 is 9.32 Å². The molecule has 1 fully saturated rings. The number of hydrogen-bond donors (Lipinski definition) is 1. The summed E-state index contributed by atoms with van der Waals surface area (Å²) in [5.41, 5.74) is 1.90. The third-order valence-corrected chi connectivity index (χ3v) is 4.17. The molecule has 0 aromatic carbocycles. The van der Waals surface area contributed by atoms with E-state index in [1.165, 1.54) is 12.8 Å². The summed E-state index contributed by atoms with van der Waals surface area (Å²) < 4.78 is 5.13. The largest absolute Gasteiger partial charge is 0.361 e. The number of nitrogens with zero attached hydrogens (tertiary/aromatic N) is 2. The van der Waals surface area contributed by atoms with Crippen LogP contribution in [0, 0.1) is 19.8 Å². The van der Waals surface area contributed by atoms with E-state index in [1.807, 2.05) is 20.9 Å². The van der Waals surface area contributed by atoms with Gasteiger partial charge in [-0.25, -0.2) is 0 Å². The lowest BCUT2D eigenvalue weighted by atomic mass is 9.94. The molecular formula is C15H25N3O2. The van der Waals surface area contributed by atoms with Crippen molar-refractivity contribution >= 4 is 5.91 Å². The first-order chi connectivity index (χ1) is 9.58. The summed E-state index contributed by atoms with van der Waals surface area (Å²) in [7, 11) is 1.85. The van der Waals surface area contributed by atoms with Gasteiger partial charge in [0.2, 0.25) is 5.91 Å². The highest BCUT2D eigenvalue weighted by molar-refractivity contribution is 5.75. The zero-order chi connectivity index (χ0) is 14.5. The first-order valence-electron chi connectivity index (χ1n) is 7.44. The van der Waals surface area contributed by atoms with Crippen molar-refractivity contribution in [2.24, 2.45) is 5.92 Å². The van der Waals surface area contributed by atoms with Crippen molar-refractivity contribution in [3.05, 3.63) is 17.0 Å². The molecular weight excluding hydrogens is 254 g/mol. The van der Waals surface area contributed by atoms with Crippen LogP contribution in [0.15, 0.2) is 4.52 Å². The Morgan fingerprint density at radius 1 is 1.50 bits per heavy atom. The summed E-state index contributed by atoms with van der Waals surface area (Å²) >= 11 is 0. The van der Waals surface area contributed by atoms with Crippen LogP contribution in [0.4, 0.5) is 0 Å². The average Bonchev–Trinajstić information content (AvgIpc) is 2.77. The average molecular weight is 279 g/mol. The van der Waals surface area contributed by atoms with Crippen LogP contribution >= 0.6 is 0 Å². The highest BCUT2D eigenvalue weighted by Crippen LogP contribution is 2.18. The molecule has 1 aromatic heterocycles. The minimum absolute atomic E-state index is 0.204. The van der Waals surface area contributed by atoms with Crippen molar-refractivity contribution in [1.29, 1.82) is 0 Å². The first-order valence-corrected chi connectivity index (χ1v) is 7.44. The zero-order valence-corrected chi connectivity index (χ0v) is 12.7. The van der Waals surface area contributed by atoms with E-state index in [9.17, 15) is 4.79 Å². The molecule has 5 nitrogen and oxygen atoms in total. The second-order valence-electron chi connectivity index (χ2n) is 5.80. The normalized spacial score (nSPS) is 19.1. The number of aromatic nitrogens is 1. The molecule has 1 aliphatic heterocycles. The molecule has 1 unspecified atom stereocenters.